The molecule has 3 rings (SSSR count). The number of nitrogen functional groups attached to an aromatic ring is 1. The zero-order valence-electron chi connectivity index (χ0n) is 10.5. The molecule has 0 amide bonds. The fraction of sp³-hybridized carbons (Fsp3) is 0.538. The molecule has 0 aliphatic carbocycles. The van der Waals surface area contributed by atoms with Gasteiger partial charge in [-0.15, -0.1) is 0 Å². The van der Waals surface area contributed by atoms with Gasteiger partial charge in [-0.3, -0.25) is 5.41 Å². The van der Waals surface area contributed by atoms with Crippen LogP contribution in [0.1, 0.15) is 31.2 Å². The minimum Gasteiger partial charge on any atom is -0.393 e. The highest BCUT2D eigenvalue weighted by Crippen LogP contribution is 2.41. The van der Waals surface area contributed by atoms with Crippen LogP contribution in [0.2, 0.25) is 5.02 Å². The Hall–Kier alpha value is -1.33. The number of hydrogen-bond acceptors (Lipinski definition) is 4. The highest BCUT2D eigenvalue weighted by atomic mass is 35.5. The number of hydrogen-bond donors (Lipinski definition) is 3. The summed E-state index contributed by atoms with van der Waals surface area (Å²) in [5.41, 5.74) is 6.06. The van der Waals surface area contributed by atoms with Crippen LogP contribution in [0.4, 0.5) is 5.82 Å². The summed E-state index contributed by atoms with van der Waals surface area (Å²) in [6.45, 7) is 0. The number of aliphatic hydroxyl groups excluding tert-OH is 1. The number of nitrogens with two attached hydrogens (primary N) is 1. The minimum absolute atomic E-state index is 0.0435. The first kappa shape index (κ1) is 12.7. The summed E-state index contributed by atoms with van der Waals surface area (Å²) in [6, 6.07) is 2.25. The standard InChI is InChI=1S/C13H17ClN4O/c14-11-10(12(15)16)3-4-17-13(11)18-7-1-2-8(18)6-9(19)5-7/h3-4,7-9,19H,1-2,5-6H2,(H3,15,16). The lowest BCUT2D eigenvalue weighted by molar-refractivity contribution is 0.126. The number of halogens is 1. The van der Waals surface area contributed by atoms with E-state index in [1.165, 1.54) is 0 Å². The highest BCUT2D eigenvalue weighted by molar-refractivity contribution is 6.36. The number of pyridine rings is 1. The summed E-state index contributed by atoms with van der Waals surface area (Å²) in [7, 11) is 0. The Balaban J connectivity index is 1.99. The Morgan fingerprint density at radius 1 is 1.42 bits per heavy atom. The number of amidine groups is 1. The molecule has 2 saturated heterocycles. The van der Waals surface area contributed by atoms with Crippen molar-refractivity contribution in [2.45, 2.75) is 43.9 Å². The van der Waals surface area contributed by atoms with Gasteiger partial charge in [-0.1, -0.05) is 11.6 Å². The molecule has 1 aromatic heterocycles. The van der Waals surface area contributed by atoms with Crippen LogP contribution in [0.5, 0.6) is 0 Å². The SMILES string of the molecule is N=C(N)c1ccnc(N2C3CCC2CC(O)C3)c1Cl. The van der Waals surface area contributed by atoms with Crippen LogP contribution in [0.25, 0.3) is 0 Å². The second kappa shape index (κ2) is 4.65. The second-order valence-electron chi connectivity index (χ2n) is 5.33. The number of rotatable bonds is 2. The molecule has 1 aromatic rings. The molecule has 5 nitrogen and oxygen atoms in total. The smallest absolute Gasteiger partial charge is 0.148 e. The van der Waals surface area contributed by atoms with Crippen molar-refractivity contribution in [1.82, 2.24) is 4.98 Å². The van der Waals surface area contributed by atoms with Gasteiger partial charge in [0.2, 0.25) is 0 Å². The molecule has 2 aliphatic heterocycles. The molecule has 102 valence electrons. The second-order valence-corrected chi connectivity index (χ2v) is 5.71. The number of piperidine rings is 1. The molecule has 4 N–H and O–H groups in total. The first-order chi connectivity index (χ1) is 9.08. The van der Waals surface area contributed by atoms with Crippen molar-refractivity contribution in [3.8, 4) is 0 Å². The topological polar surface area (TPSA) is 86.2 Å². The van der Waals surface area contributed by atoms with E-state index >= 15 is 0 Å². The van der Waals surface area contributed by atoms with E-state index in [-0.39, 0.29) is 11.9 Å². The number of nitrogens with zero attached hydrogens (tertiary/aromatic N) is 2. The highest BCUT2D eigenvalue weighted by Gasteiger charge is 2.41. The molecule has 2 aliphatic rings. The molecule has 2 fully saturated rings. The van der Waals surface area contributed by atoms with Crippen molar-refractivity contribution in [2.75, 3.05) is 4.90 Å². The predicted molar refractivity (Wildman–Crippen MR) is 74.8 cm³/mol. The number of aliphatic hydroxyl groups is 1. The van der Waals surface area contributed by atoms with Gasteiger partial charge in [0.05, 0.1) is 11.1 Å². The molecule has 0 spiro atoms. The molecule has 0 saturated carbocycles. The maximum absolute atomic E-state index is 9.83. The maximum Gasteiger partial charge on any atom is 0.148 e. The molecule has 6 heteroatoms. The Labute approximate surface area is 116 Å². The van der Waals surface area contributed by atoms with Crippen molar-refractivity contribution >= 4 is 23.3 Å². The summed E-state index contributed by atoms with van der Waals surface area (Å²) in [6.07, 6.45) is 5.07. The molecule has 19 heavy (non-hydrogen) atoms. The number of fused-ring (bicyclic) bond motifs is 2. The Morgan fingerprint density at radius 3 is 2.63 bits per heavy atom. The number of aromatic nitrogens is 1. The Kier molecular flexibility index (Phi) is 3.11. The summed E-state index contributed by atoms with van der Waals surface area (Å²) in [5, 5.41) is 17.8. The van der Waals surface area contributed by atoms with Gasteiger partial charge in [0.1, 0.15) is 11.7 Å². The van der Waals surface area contributed by atoms with Crippen LogP contribution >= 0.6 is 11.6 Å². The van der Waals surface area contributed by atoms with Crippen LogP contribution in [-0.4, -0.2) is 34.1 Å². The lowest BCUT2D eigenvalue weighted by Gasteiger charge is -2.38. The number of nitrogens with one attached hydrogen (secondary N) is 1. The van der Waals surface area contributed by atoms with Crippen molar-refractivity contribution in [3.05, 3.63) is 22.8 Å². The van der Waals surface area contributed by atoms with Gasteiger partial charge in [0.25, 0.3) is 0 Å². The number of anilines is 1. The zero-order chi connectivity index (χ0) is 13.6. The minimum atomic E-state index is -0.219. The summed E-state index contributed by atoms with van der Waals surface area (Å²) in [5.74, 6) is 0.659. The first-order valence-corrected chi connectivity index (χ1v) is 6.91. The van der Waals surface area contributed by atoms with Gasteiger partial charge in [0, 0.05) is 23.8 Å². The van der Waals surface area contributed by atoms with E-state index in [0.29, 0.717) is 28.5 Å². The van der Waals surface area contributed by atoms with Crippen molar-refractivity contribution < 1.29 is 5.11 Å². The lowest BCUT2D eigenvalue weighted by Crippen LogP contribution is -2.45. The maximum atomic E-state index is 9.83. The molecule has 0 aromatic carbocycles. The first-order valence-electron chi connectivity index (χ1n) is 6.53. The fourth-order valence-corrected chi connectivity index (χ4v) is 3.63. The van der Waals surface area contributed by atoms with E-state index in [0.717, 1.165) is 25.7 Å². The zero-order valence-corrected chi connectivity index (χ0v) is 11.3. The average molecular weight is 281 g/mol. The van der Waals surface area contributed by atoms with Gasteiger partial charge in [-0.05, 0) is 31.7 Å². The molecular formula is C13H17ClN4O. The van der Waals surface area contributed by atoms with E-state index in [2.05, 4.69) is 9.88 Å². The summed E-state index contributed by atoms with van der Waals surface area (Å²) in [4.78, 5) is 6.58. The molecule has 3 heterocycles. The molecule has 2 bridgehead atoms. The van der Waals surface area contributed by atoms with Crippen LogP contribution in [-0.2, 0) is 0 Å². The Bertz CT molecular complexity index is 507. The van der Waals surface area contributed by atoms with E-state index < -0.39 is 0 Å². The average Bonchev–Trinajstić information content (AvgIpc) is 2.62. The Morgan fingerprint density at radius 2 is 2.05 bits per heavy atom. The lowest BCUT2D eigenvalue weighted by atomic mass is 10.00. The van der Waals surface area contributed by atoms with Crippen LogP contribution in [0, 0.1) is 5.41 Å². The van der Waals surface area contributed by atoms with Gasteiger partial charge in [0.15, 0.2) is 0 Å². The quantitative estimate of drug-likeness (QED) is 0.566. The molecule has 2 atom stereocenters. The third-order valence-electron chi connectivity index (χ3n) is 4.11. The van der Waals surface area contributed by atoms with E-state index in [4.69, 9.17) is 22.7 Å². The predicted octanol–water partition coefficient (Wildman–Crippen LogP) is 1.51. The van der Waals surface area contributed by atoms with Crippen LogP contribution in [0.15, 0.2) is 12.3 Å². The largest absolute Gasteiger partial charge is 0.393 e. The van der Waals surface area contributed by atoms with E-state index in [1.54, 1.807) is 12.3 Å². The molecular weight excluding hydrogens is 264 g/mol. The van der Waals surface area contributed by atoms with Gasteiger partial charge >= 0.3 is 0 Å². The van der Waals surface area contributed by atoms with Crippen molar-refractivity contribution in [1.29, 1.82) is 5.41 Å². The van der Waals surface area contributed by atoms with E-state index in [1.807, 2.05) is 0 Å². The fourth-order valence-electron chi connectivity index (χ4n) is 3.31. The van der Waals surface area contributed by atoms with Crippen molar-refractivity contribution in [2.24, 2.45) is 5.73 Å². The van der Waals surface area contributed by atoms with Gasteiger partial charge in [-0.2, -0.15) is 0 Å². The van der Waals surface area contributed by atoms with Crippen molar-refractivity contribution in [3.63, 3.8) is 0 Å². The normalized spacial score (nSPS) is 29.6. The third-order valence-corrected chi connectivity index (χ3v) is 4.49. The van der Waals surface area contributed by atoms with Gasteiger partial charge < -0.3 is 15.7 Å². The monoisotopic (exact) mass is 280 g/mol. The molecule has 0 radical (unpaired) electrons. The van der Waals surface area contributed by atoms with Crippen LogP contribution < -0.4 is 10.6 Å². The van der Waals surface area contributed by atoms with Gasteiger partial charge in [-0.25, -0.2) is 4.98 Å². The molecule has 2 unspecified atom stereocenters. The summed E-state index contributed by atoms with van der Waals surface area (Å²) >= 11 is 6.34. The third kappa shape index (κ3) is 2.07. The van der Waals surface area contributed by atoms with Crippen LogP contribution in [0.3, 0.4) is 0 Å². The van der Waals surface area contributed by atoms with E-state index in [9.17, 15) is 5.11 Å². The summed E-state index contributed by atoms with van der Waals surface area (Å²) < 4.78 is 0.